The SMILES string of the molecule is COc1cccc(-c2cc(C(=O)Nc3c(F)c(F)c(F)c(F)c3F)c3ccccc3n2)c1. The Morgan fingerprint density at radius 1 is 0.844 bits per heavy atom. The Bertz CT molecular complexity index is 1350. The van der Waals surface area contributed by atoms with E-state index in [1.165, 1.54) is 13.2 Å². The summed E-state index contributed by atoms with van der Waals surface area (Å²) in [5.41, 5.74) is -0.200. The van der Waals surface area contributed by atoms with Gasteiger partial charge in [0, 0.05) is 10.9 Å². The first kappa shape index (κ1) is 21.2. The lowest BCUT2D eigenvalue weighted by atomic mass is 10.0. The summed E-state index contributed by atoms with van der Waals surface area (Å²) in [6.07, 6.45) is 0. The number of halogens is 5. The number of ether oxygens (including phenoxy) is 1. The second-order valence-corrected chi connectivity index (χ2v) is 6.70. The molecule has 1 amide bonds. The first-order chi connectivity index (χ1) is 15.3. The molecule has 0 atom stereocenters. The summed E-state index contributed by atoms with van der Waals surface area (Å²) in [5.74, 6) is -11.4. The van der Waals surface area contributed by atoms with Crippen molar-refractivity contribution in [2.45, 2.75) is 0 Å². The Morgan fingerprint density at radius 2 is 1.50 bits per heavy atom. The fourth-order valence-electron chi connectivity index (χ4n) is 3.19. The Balaban J connectivity index is 1.85. The summed E-state index contributed by atoms with van der Waals surface area (Å²) in [6, 6.07) is 14.6. The number of methoxy groups -OCH3 is 1. The molecule has 0 aliphatic heterocycles. The second kappa shape index (κ2) is 8.26. The van der Waals surface area contributed by atoms with Crippen molar-refractivity contribution in [3.63, 3.8) is 0 Å². The number of rotatable bonds is 4. The highest BCUT2D eigenvalue weighted by molar-refractivity contribution is 6.13. The van der Waals surface area contributed by atoms with Crippen molar-refractivity contribution in [1.29, 1.82) is 0 Å². The van der Waals surface area contributed by atoms with Crippen molar-refractivity contribution in [3.05, 3.63) is 89.2 Å². The molecule has 0 aliphatic carbocycles. The second-order valence-electron chi connectivity index (χ2n) is 6.70. The molecule has 4 rings (SSSR count). The third-order valence-electron chi connectivity index (χ3n) is 4.77. The zero-order chi connectivity index (χ0) is 23.0. The number of hydrogen-bond acceptors (Lipinski definition) is 3. The van der Waals surface area contributed by atoms with E-state index in [2.05, 4.69) is 4.98 Å². The molecule has 1 heterocycles. The number of carbonyl (C=O) groups excluding carboxylic acids is 1. The Morgan fingerprint density at radius 3 is 2.19 bits per heavy atom. The lowest BCUT2D eigenvalue weighted by Gasteiger charge is -2.13. The third-order valence-corrected chi connectivity index (χ3v) is 4.77. The number of hydrogen-bond donors (Lipinski definition) is 1. The van der Waals surface area contributed by atoms with Gasteiger partial charge in [-0.3, -0.25) is 4.79 Å². The highest BCUT2D eigenvalue weighted by atomic mass is 19.2. The largest absolute Gasteiger partial charge is 0.497 e. The van der Waals surface area contributed by atoms with E-state index in [0.717, 1.165) is 0 Å². The molecule has 0 spiro atoms. The summed E-state index contributed by atoms with van der Waals surface area (Å²) >= 11 is 0. The van der Waals surface area contributed by atoms with Gasteiger partial charge in [-0.25, -0.2) is 26.9 Å². The molecule has 0 saturated heterocycles. The number of aromatic nitrogens is 1. The first-order valence-electron chi connectivity index (χ1n) is 9.18. The number of anilines is 1. The van der Waals surface area contributed by atoms with Crippen LogP contribution in [0.4, 0.5) is 27.6 Å². The van der Waals surface area contributed by atoms with Gasteiger partial charge in [0.05, 0.1) is 23.9 Å². The summed E-state index contributed by atoms with van der Waals surface area (Å²) in [5, 5.41) is 2.13. The standard InChI is InChI=1S/C23H13F5N2O2/c1-32-12-6-4-5-11(9-12)16-10-14(13-7-2-3-8-15(13)29-16)23(31)30-22-20(27)18(25)17(24)19(26)21(22)28/h2-10H,1H3,(H,30,31). The maximum absolute atomic E-state index is 14.1. The molecule has 0 unspecified atom stereocenters. The van der Waals surface area contributed by atoms with Crippen LogP contribution in [0.3, 0.4) is 0 Å². The molecule has 4 nitrogen and oxygen atoms in total. The van der Waals surface area contributed by atoms with Crippen LogP contribution >= 0.6 is 0 Å². The average molecular weight is 444 g/mol. The van der Waals surface area contributed by atoms with Crippen LogP contribution < -0.4 is 10.1 Å². The molecule has 4 aromatic rings. The average Bonchev–Trinajstić information content (AvgIpc) is 2.83. The zero-order valence-corrected chi connectivity index (χ0v) is 16.3. The highest BCUT2D eigenvalue weighted by Crippen LogP contribution is 2.30. The normalized spacial score (nSPS) is 10.9. The van der Waals surface area contributed by atoms with Crippen molar-refractivity contribution in [2.24, 2.45) is 0 Å². The van der Waals surface area contributed by atoms with Crippen LogP contribution in [-0.2, 0) is 0 Å². The smallest absolute Gasteiger partial charge is 0.256 e. The summed E-state index contributed by atoms with van der Waals surface area (Å²) in [4.78, 5) is 17.4. The number of nitrogens with one attached hydrogen (secondary N) is 1. The molecular formula is C23H13F5N2O2. The molecule has 0 fully saturated rings. The molecule has 0 aliphatic rings. The quantitative estimate of drug-likeness (QED) is 0.244. The van der Waals surface area contributed by atoms with Gasteiger partial charge in [0.1, 0.15) is 11.4 Å². The van der Waals surface area contributed by atoms with Crippen molar-refractivity contribution in [3.8, 4) is 17.0 Å². The molecule has 1 N–H and O–H groups in total. The summed E-state index contributed by atoms with van der Waals surface area (Å²) in [7, 11) is 1.48. The Labute approximate surface area is 178 Å². The van der Waals surface area contributed by atoms with Crippen LogP contribution in [0.1, 0.15) is 10.4 Å². The molecule has 0 saturated carbocycles. The number of carbonyl (C=O) groups is 1. The molecular weight excluding hydrogens is 431 g/mol. The maximum Gasteiger partial charge on any atom is 0.256 e. The number of nitrogens with zero attached hydrogens (tertiary/aromatic N) is 1. The van der Waals surface area contributed by atoms with Crippen LogP contribution in [-0.4, -0.2) is 18.0 Å². The lowest BCUT2D eigenvalue weighted by Crippen LogP contribution is -2.17. The molecule has 9 heteroatoms. The van der Waals surface area contributed by atoms with E-state index in [1.54, 1.807) is 48.5 Å². The predicted molar refractivity (Wildman–Crippen MR) is 108 cm³/mol. The van der Waals surface area contributed by atoms with E-state index in [9.17, 15) is 26.7 Å². The minimum Gasteiger partial charge on any atom is -0.497 e. The Kier molecular flexibility index (Phi) is 5.48. The summed E-state index contributed by atoms with van der Waals surface area (Å²) in [6.45, 7) is 0. The van der Waals surface area contributed by atoms with E-state index in [1.807, 2.05) is 5.32 Å². The van der Waals surface area contributed by atoms with E-state index in [4.69, 9.17) is 4.74 Å². The van der Waals surface area contributed by atoms with E-state index in [-0.39, 0.29) is 5.56 Å². The van der Waals surface area contributed by atoms with E-state index in [0.29, 0.717) is 27.9 Å². The van der Waals surface area contributed by atoms with Crippen molar-refractivity contribution in [2.75, 3.05) is 12.4 Å². The number of para-hydroxylation sites is 1. The molecule has 1 aromatic heterocycles. The van der Waals surface area contributed by atoms with Gasteiger partial charge in [-0.15, -0.1) is 0 Å². The third kappa shape index (κ3) is 3.62. The van der Waals surface area contributed by atoms with Gasteiger partial charge in [0.25, 0.3) is 5.91 Å². The number of pyridine rings is 1. The van der Waals surface area contributed by atoms with Crippen LogP contribution in [0.2, 0.25) is 0 Å². The lowest BCUT2D eigenvalue weighted by molar-refractivity contribution is 0.102. The predicted octanol–water partition coefficient (Wildman–Crippen LogP) is 5.86. The van der Waals surface area contributed by atoms with E-state index < -0.39 is 40.7 Å². The molecule has 0 bridgehead atoms. The number of benzene rings is 3. The monoisotopic (exact) mass is 444 g/mol. The minimum absolute atomic E-state index is 0.0719. The van der Waals surface area contributed by atoms with Gasteiger partial charge in [-0.05, 0) is 24.3 Å². The summed E-state index contributed by atoms with van der Waals surface area (Å²) < 4.78 is 73.7. The fourth-order valence-corrected chi connectivity index (χ4v) is 3.19. The molecule has 162 valence electrons. The van der Waals surface area contributed by atoms with Crippen LogP contribution in [0.15, 0.2) is 54.6 Å². The number of fused-ring (bicyclic) bond motifs is 1. The first-order valence-corrected chi connectivity index (χ1v) is 9.18. The maximum atomic E-state index is 14.1. The van der Waals surface area contributed by atoms with Crippen molar-refractivity contribution in [1.82, 2.24) is 4.98 Å². The Hall–Kier alpha value is -4.01. The van der Waals surface area contributed by atoms with Crippen molar-refractivity contribution >= 4 is 22.5 Å². The van der Waals surface area contributed by atoms with Crippen LogP contribution in [0, 0.1) is 29.1 Å². The topological polar surface area (TPSA) is 51.2 Å². The van der Waals surface area contributed by atoms with Gasteiger partial charge in [-0.1, -0.05) is 30.3 Å². The van der Waals surface area contributed by atoms with Crippen LogP contribution in [0.25, 0.3) is 22.2 Å². The van der Waals surface area contributed by atoms with Crippen LogP contribution in [0.5, 0.6) is 5.75 Å². The number of amides is 1. The van der Waals surface area contributed by atoms with Crippen molar-refractivity contribution < 1.29 is 31.5 Å². The fraction of sp³-hybridized carbons (Fsp3) is 0.0435. The van der Waals surface area contributed by atoms with Gasteiger partial charge in [0.15, 0.2) is 23.3 Å². The van der Waals surface area contributed by atoms with Gasteiger partial charge >= 0.3 is 0 Å². The van der Waals surface area contributed by atoms with E-state index >= 15 is 0 Å². The van der Waals surface area contributed by atoms with Gasteiger partial charge < -0.3 is 10.1 Å². The minimum atomic E-state index is -2.31. The van der Waals surface area contributed by atoms with Gasteiger partial charge in [-0.2, -0.15) is 0 Å². The molecule has 0 radical (unpaired) electrons. The molecule has 3 aromatic carbocycles. The highest BCUT2D eigenvalue weighted by Gasteiger charge is 2.27. The zero-order valence-electron chi connectivity index (χ0n) is 16.3. The molecule has 32 heavy (non-hydrogen) atoms. The van der Waals surface area contributed by atoms with Gasteiger partial charge in [0.2, 0.25) is 5.82 Å².